The normalized spacial score (nSPS) is 12.1. The Kier molecular flexibility index (Phi) is 3.79. The van der Waals surface area contributed by atoms with Crippen molar-refractivity contribution in [3.05, 3.63) is 53.9 Å². The molecule has 94 valence electrons. The number of nitrogens with two attached hydrogens (primary N) is 1. The van der Waals surface area contributed by atoms with E-state index in [1.165, 1.54) is 0 Å². The molecular formula is C14H16N2O2. The Balaban J connectivity index is 2.27. The maximum atomic E-state index is 10.3. The van der Waals surface area contributed by atoms with Crippen LogP contribution in [0.2, 0.25) is 0 Å². The molecule has 1 aromatic heterocycles. The zero-order valence-electron chi connectivity index (χ0n) is 10.2. The fraction of sp³-hybridized carbons (Fsp3) is 0.214. The molecule has 0 saturated carbocycles. The van der Waals surface area contributed by atoms with Gasteiger partial charge in [0.2, 0.25) is 0 Å². The fourth-order valence-electron chi connectivity index (χ4n) is 1.75. The Labute approximate surface area is 106 Å². The molecule has 18 heavy (non-hydrogen) atoms. The summed E-state index contributed by atoms with van der Waals surface area (Å²) >= 11 is 0. The van der Waals surface area contributed by atoms with Gasteiger partial charge in [-0.05, 0) is 30.7 Å². The molecule has 1 atom stereocenters. The Hall–Kier alpha value is -2.07. The molecule has 0 radical (unpaired) electrons. The molecule has 2 rings (SSSR count). The summed E-state index contributed by atoms with van der Waals surface area (Å²) in [6.45, 7) is 2.47. The number of hydrogen-bond acceptors (Lipinski definition) is 4. The van der Waals surface area contributed by atoms with Crippen molar-refractivity contribution in [1.82, 2.24) is 4.98 Å². The van der Waals surface area contributed by atoms with E-state index in [-0.39, 0.29) is 0 Å². The molecule has 0 aliphatic rings. The molecule has 1 aromatic carbocycles. The average molecular weight is 244 g/mol. The Bertz CT molecular complexity index is 529. The smallest absolute Gasteiger partial charge is 0.137 e. The number of benzene rings is 1. The van der Waals surface area contributed by atoms with Gasteiger partial charge in [0, 0.05) is 17.4 Å². The van der Waals surface area contributed by atoms with Crippen LogP contribution < -0.4 is 10.5 Å². The molecule has 1 heterocycles. The second kappa shape index (κ2) is 5.51. The number of aliphatic hydroxyl groups excluding tert-OH is 1. The van der Waals surface area contributed by atoms with Gasteiger partial charge in [-0.3, -0.25) is 4.98 Å². The van der Waals surface area contributed by atoms with Crippen LogP contribution in [0.25, 0.3) is 0 Å². The topological polar surface area (TPSA) is 68.4 Å². The van der Waals surface area contributed by atoms with Crippen molar-refractivity contribution in [2.45, 2.75) is 13.0 Å². The first-order chi connectivity index (χ1) is 8.70. The van der Waals surface area contributed by atoms with Crippen LogP contribution in [0.3, 0.4) is 0 Å². The monoisotopic (exact) mass is 244 g/mol. The molecule has 4 heteroatoms. The van der Waals surface area contributed by atoms with Crippen molar-refractivity contribution in [3.63, 3.8) is 0 Å². The van der Waals surface area contributed by atoms with Crippen LogP contribution in [0.4, 0.5) is 5.69 Å². The molecule has 0 amide bonds. The van der Waals surface area contributed by atoms with Gasteiger partial charge < -0.3 is 15.6 Å². The molecular weight excluding hydrogens is 228 g/mol. The zero-order chi connectivity index (χ0) is 13.0. The number of anilines is 1. The molecule has 0 spiro atoms. The summed E-state index contributed by atoms with van der Waals surface area (Å²) in [6.07, 6.45) is 2.50. The van der Waals surface area contributed by atoms with Crippen molar-refractivity contribution in [3.8, 4) is 5.75 Å². The number of nitrogen functional groups attached to an aromatic ring is 1. The number of aromatic nitrogens is 1. The van der Waals surface area contributed by atoms with Gasteiger partial charge in [-0.1, -0.05) is 12.1 Å². The SMILES string of the molecule is CCOc1cncc(C(O)c2cccc(N)c2)c1. The van der Waals surface area contributed by atoms with Crippen LogP contribution in [0.15, 0.2) is 42.7 Å². The van der Waals surface area contributed by atoms with Gasteiger partial charge in [-0.15, -0.1) is 0 Å². The summed E-state index contributed by atoms with van der Waals surface area (Å²) in [5.74, 6) is 0.651. The van der Waals surface area contributed by atoms with Gasteiger partial charge in [-0.2, -0.15) is 0 Å². The van der Waals surface area contributed by atoms with E-state index in [1.54, 1.807) is 30.6 Å². The first kappa shape index (κ1) is 12.4. The third kappa shape index (κ3) is 2.78. The highest BCUT2D eigenvalue weighted by molar-refractivity contribution is 5.43. The largest absolute Gasteiger partial charge is 0.492 e. The van der Waals surface area contributed by atoms with Crippen molar-refractivity contribution in [2.24, 2.45) is 0 Å². The van der Waals surface area contributed by atoms with E-state index < -0.39 is 6.10 Å². The number of rotatable bonds is 4. The first-order valence-electron chi connectivity index (χ1n) is 5.82. The van der Waals surface area contributed by atoms with Crippen molar-refractivity contribution >= 4 is 5.69 Å². The standard InChI is InChI=1S/C14H16N2O2/c1-2-18-13-7-11(8-16-9-13)14(17)10-4-3-5-12(15)6-10/h3-9,14,17H,2,15H2,1H3. The number of aliphatic hydroxyl groups is 1. The molecule has 4 nitrogen and oxygen atoms in total. The van der Waals surface area contributed by atoms with E-state index in [9.17, 15) is 5.11 Å². The molecule has 0 saturated heterocycles. The van der Waals surface area contributed by atoms with Gasteiger partial charge in [0.05, 0.1) is 12.8 Å². The molecule has 3 N–H and O–H groups in total. The highest BCUT2D eigenvalue weighted by Crippen LogP contribution is 2.25. The Morgan fingerprint density at radius 1 is 1.28 bits per heavy atom. The summed E-state index contributed by atoms with van der Waals surface area (Å²) in [5.41, 5.74) is 7.75. The maximum Gasteiger partial charge on any atom is 0.137 e. The van der Waals surface area contributed by atoms with Gasteiger partial charge >= 0.3 is 0 Å². The maximum absolute atomic E-state index is 10.3. The van der Waals surface area contributed by atoms with Gasteiger partial charge in [0.15, 0.2) is 0 Å². The van der Waals surface area contributed by atoms with Crippen molar-refractivity contribution in [1.29, 1.82) is 0 Å². The van der Waals surface area contributed by atoms with Gasteiger partial charge in [0.1, 0.15) is 11.9 Å². The van der Waals surface area contributed by atoms with Crippen LogP contribution >= 0.6 is 0 Å². The quantitative estimate of drug-likeness (QED) is 0.808. The summed E-state index contributed by atoms with van der Waals surface area (Å²) in [7, 11) is 0. The van der Waals surface area contributed by atoms with Crippen LogP contribution in [0.1, 0.15) is 24.2 Å². The van der Waals surface area contributed by atoms with E-state index in [0.29, 0.717) is 23.6 Å². The molecule has 0 fully saturated rings. The highest BCUT2D eigenvalue weighted by Gasteiger charge is 2.11. The lowest BCUT2D eigenvalue weighted by Gasteiger charge is -2.12. The zero-order valence-corrected chi connectivity index (χ0v) is 10.2. The lowest BCUT2D eigenvalue weighted by atomic mass is 10.0. The summed E-state index contributed by atoms with van der Waals surface area (Å²) in [4.78, 5) is 4.06. The van der Waals surface area contributed by atoms with Crippen LogP contribution in [0.5, 0.6) is 5.75 Å². The minimum atomic E-state index is -0.749. The molecule has 0 aliphatic carbocycles. The van der Waals surface area contributed by atoms with Gasteiger partial charge in [0.25, 0.3) is 0 Å². The summed E-state index contributed by atoms with van der Waals surface area (Å²) in [6, 6.07) is 8.95. The highest BCUT2D eigenvalue weighted by atomic mass is 16.5. The van der Waals surface area contributed by atoms with E-state index >= 15 is 0 Å². The van der Waals surface area contributed by atoms with E-state index in [1.807, 2.05) is 19.1 Å². The lowest BCUT2D eigenvalue weighted by Crippen LogP contribution is -2.02. The van der Waals surface area contributed by atoms with Crippen LogP contribution in [-0.4, -0.2) is 16.7 Å². The predicted octanol–water partition coefficient (Wildman–Crippen LogP) is 2.14. The minimum absolute atomic E-state index is 0.569. The third-order valence-electron chi connectivity index (χ3n) is 2.59. The summed E-state index contributed by atoms with van der Waals surface area (Å²) < 4.78 is 5.36. The third-order valence-corrected chi connectivity index (χ3v) is 2.59. The number of pyridine rings is 1. The molecule has 0 aliphatic heterocycles. The van der Waals surface area contributed by atoms with Crippen LogP contribution in [-0.2, 0) is 0 Å². The molecule has 0 bridgehead atoms. The predicted molar refractivity (Wildman–Crippen MR) is 70.3 cm³/mol. The lowest BCUT2D eigenvalue weighted by molar-refractivity contribution is 0.219. The fourth-order valence-corrected chi connectivity index (χ4v) is 1.75. The Morgan fingerprint density at radius 3 is 2.83 bits per heavy atom. The van der Waals surface area contributed by atoms with Crippen molar-refractivity contribution < 1.29 is 9.84 Å². The molecule has 1 unspecified atom stereocenters. The Morgan fingerprint density at radius 2 is 2.11 bits per heavy atom. The van der Waals surface area contributed by atoms with Gasteiger partial charge in [-0.25, -0.2) is 0 Å². The minimum Gasteiger partial charge on any atom is -0.492 e. The number of nitrogens with zero attached hydrogens (tertiary/aromatic N) is 1. The molecule has 2 aromatic rings. The summed E-state index contributed by atoms with van der Waals surface area (Å²) in [5, 5.41) is 10.3. The number of hydrogen-bond donors (Lipinski definition) is 2. The second-order valence-electron chi connectivity index (χ2n) is 3.96. The number of ether oxygens (including phenoxy) is 1. The average Bonchev–Trinajstić information content (AvgIpc) is 2.39. The first-order valence-corrected chi connectivity index (χ1v) is 5.82. The van der Waals surface area contributed by atoms with E-state index in [4.69, 9.17) is 10.5 Å². The van der Waals surface area contributed by atoms with Crippen molar-refractivity contribution in [2.75, 3.05) is 12.3 Å². The van der Waals surface area contributed by atoms with E-state index in [0.717, 1.165) is 5.56 Å². The second-order valence-corrected chi connectivity index (χ2v) is 3.96. The van der Waals surface area contributed by atoms with Crippen LogP contribution in [0, 0.1) is 0 Å². The van der Waals surface area contributed by atoms with E-state index in [2.05, 4.69) is 4.98 Å².